The first-order valence-electron chi connectivity index (χ1n) is 29.3. The molecular formula is C60H113NO5. The molecule has 1 amide bonds. The Balaban J connectivity index is 3.50. The maximum Gasteiger partial charge on any atom is 0.305 e. The van der Waals surface area contributed by atoms with Crippen molar-refractivity contribution in [1.29, 1.82) is 0 Å². The predicted molar refractivity (Wildman–Crippen MR) is 287 cm³/mol. The van der Waals surface area contributed by atoms with Crippen LogP contribution in [0.15, 0.2) is 36.5 Å². The van der Waals surface area contributed by atoms with Gasteiger partial charge in [0.1, 0.15) is 0 Å². The Bertz CT molecular complexity index is 1070. The Labute approximate surface area is 411 Å². The number of aliphatic hydroxyl groups is 2. The first kappa shape index (κ1) is 64.1. The molecule has 0 aromatic heterocycles. The zero-order valence-electron chi connectivity index (χ0n) is 44.2. The van der Waals surface area contributed by atoms with Crippen LogP contribution >= 0.6 is 0 Å². The summed E-state index contributed by atoms with van der Waals surface area (Å²) in [7, 11) is 0. The summed E-state index contributed by atoms with van der Waals surface area (Å²) < 4.78 is 5.44. The Morgan fingerprint density at radius 1 is 0.409 bits per heavy atom. The van der Waals surface area contributed by atoms with Crippen molar-refractivity contribution >= 4 is 11.9 Å². The molecule has 0 bridgehead atoms. The van der Waals surface area contributed by atoms with Gasteiger partial charge in [0.2, 0.25) is 5.91 Å². The number of nitrogens with one attached hydrogen (secondary N) is 1. The number of amides is 1. The summed E-state index contributed by atoms with van der Waals surface area (Å²) in [4.78, 5) is 24.5. The molecule has 0 aliphatic carbocycles. The Kier molecular flexibility index (Phi) is 54.1. The van der Waals surface area contributed by atoms with Gasteiger partial charge in [0.05, 0.1) is 25.4 Å². The van der Waals surface area contributed by atoms with Crippen LogP contribution in [0.1, 0.15) is 309 Å². The van der Waals surface area contributed by atoms with Crippen molar-refractivity contribution in [2.24, 2.45) is 0 Å². The molecule has 0 heterocycles. The minimum Gasteiger partial charge on any atom is -0.466 e. The number of esters is 1. The Morgan fingerprint density at radius 3 is 1.12 bits per heavy atom. The maximum atomic E-state index is 12.5. The number of carbonyl (C=O) groups excluding carboxylic acids is 2. The number of rotatable bonds is 54. The standard InChI is InChI=1S/C60H113NO5/c1-3-5-7-9-11-13-15-16-17-18-19-20-21-23-26-29-33-36-40-44-48-52-58(63)57(56-62)61-59(64)53-49-45-41-37-34-30-27-24-22-25-28-31-35-39-43-47-51-55-66-60(65)54-50-46-42-38-32-14-12-10-8-6-4-2/h10,12,22,25,48,52,57-58,62-63H,3-9,11,13-21,23-24,26-47,49-51,53-56H2,1-2H3,(H,61,64)/b12-10-,25-22-,52-48+. The van der Waals surface area contributed by atoms with E-state index in [2.05, 4.69) is 43.5 Å². The zero-order chi connectivity index (χ0) is 47.9. The van der Waals surface area contributed by atoms with E-state index >= 15 is 0 Å². The molecule has 66 heavy (non-hydrogen) atoms. The second kappa shape index (κ2) is 55.7. The molecule has 0 aromatic carbocycles. The van der Waals surface area contributed by atoms with Gasteiger partial charge in [-0.3, -0.25) is 9.59 Å². The number of ether oxygens (including phenoxy) is 1. The molecule has 6 nitrogen and oxygen atoms in total. The third-order valence-corrected chi connectivity index (χ3v) is 13.4. The minimum atomic E-state index is -0.853. The molecule has 0 rings (SSSR count). The SMILES string of the molecule is CCCC/C=C\CCCCCCCC(=O)OCCCCCCCC/C=C\CCCCCCCCCC(=O)NC(CO)C(O)/C=C/CCCCCCCCCCCCCCCCCCCCC. The maximum absolute atomic E-state index is 12.5. The third-order valence-electron chi connectivity index (χ3n) is 13.4. The van der Waals surface area contributed by atoms with E-state index in [4.69, 9.17) is 4.74 Å². The van der Waals surface area contributed by atoms with Crippen molar-refractivity contribution in [3.05, 3.63) is 36.5 Å². The molecule has 6 heteroatoms. The Morgan fingerprint density at radius 2 is 0.727 bits per heavy atom. The zero-order valence-corrected chi connectivity index (χ0v) is 44.2. The van der Waals surface area contributed by atoms with Gasteiger partial charge in [-0.05, 0) is 77.0 Å². The molecule has 0 saturated carbocycles. The lowest BCUT2D eigenvalue weighted by Gasteiger charge is -2.20. The third kappa shape index (κ3) is 51.5. The van der Waals surface area contributed by atoms with Crippen molar-refractivity contribution in [2.75, 3.05) is 13.2 Å². The van der Waals surface area contributed by atoms with E-state index in [1.54, 1.807) is 6.08 Å². The number of unbranched alkanes of at least 4 members (excludes halogenated alkanes) is 39. The number of carbonyl (C=O) groups is 2. The first-order chi connectivity index (χ1) is 32.5. The lowest BCUT2D eigenvalue weighted by Crippen LogP contribution is -2.45. The summed E-state index contributed by atoms with van der Waals surface area (Å²) in [6.07, 6.45) is 68.8. The predicted octanol–water partition coefficient (Wildman–Crippen LogP) is 18.0. The van der Waals surface area contributed by atoms with Crippen molar-refractivity contribution in [2.45, 2.75) is 321 Å². The molecule has 0 aliphatic rings. The number of hydrogen-bond donors (Lipinski definition) is 3. The lowest BCUT2D eigenvalue weighted by molar-refractivity contribution is -0.143. The number of hydrogen-bond acceptors (Lipinski definition) is 5. The minimum absolute atomic E-state index is 0.0139. The molecular weight excluding hydrogens is 815 g/mol. The number of allylic oxidation sites excluding steroid dienone is 5. The van der Waals surface area contributed by atoms with E-state index in [9.17, 15) is 19.8 Å². The van der Waals surface area contributed by atoms with Crippen LogP contribution < -0.4 is 5.32 Å². The van der Waals surface area contributed by atoms with E-state index in [-0.39, 0.29) is 18.5 Å². The second-order valence-corrected chi connectivity index (χ2v) is 20.0. The molecule has 0 spiro atoms. The first-order valence-corrected chi connectivity index (χ1v) is 29.3. The van der Waals surface area contributed by atoms with Crippen LogP contribution in [-0.2, 0) is 14.3 Å². The van der Waals surface area contributed by atoms with E-state index in [1.165, 1.54) is 225 Å². The van der Waals surface area contributed by atoms with Gasteiger partial charge in [-0.25, -0.2) is 0 Å². The van der Waals surface area contributed by atoms with Gasteiger partial charge in [0.25, 0.3) is 0 Å². The monoisotopic (exact) mass is 928 g/mol. The molecule has 0 aliphatic heterocycles. The fraction of sp³-hybridized carbons (Fsp3) is 0.867. The highest BCUT2D eigenvalue weighted by Crippen LogP contribution is 2.16. The molecule has 2 unspecified atom stereocenters. The fourth-order valence-electron chi connectivity index (χ4n) is 8.84. The van der Waals surface area contributed by atoms with Crippen LogP contribution in [0.2, 0.25) is 0 Å². The van der Waals surface area contributed by atoms with Crippen LogP contribution in [0.4, 0.5) is 0 Å². The van der Waals surface area contributed by atoms with Gasteiger partial charge >= 0.3 is 5.97 Å². The summed E-state index contributed by atoms with van der Waals surface area (Å²) in [5.41, 5.74) is 0. The fourth-order valence-corrected chi connectivity index (χ4v) is 8.84. The number of aliphatic hydroxyl groups excluding tert-OH is 2. The summed E-state index contributed by atoms with van der Waals surface area (Å²) in [6, 6.07) is -0.638. The largest absolute Gasteiger partial charge is 0.466 e. The molecule has 0 aromatic rings. The van der Waals surface area contributed by atoms with E-state index in [0.29, 0.717) is 19.4 Å². The van der Waals surface area contributed by atoms with E-state index in [1.807, 2.05) is 6.08 Å². The van der Waals surface area contributed by atoms with Crippen LogP contribution in [0.25, 0.3) is 0 Å². The average molecular weight is 929 g/mol. The highest BCUT2D eigenvalue weighted by molar-refractivity contribution is 5.76. The summed E-state index contributed by atoms with van der Waals surface area (Å²) >= 11 is 0. The van der Waals surface area contributed by atoms with E-state index in [0.717, 1.165) is 57.8 Å². The van der Waals surface area contributed by atoms with Crippen molar-refractivity contribution in [1.82, 2.24) is 5.32 Å². The van der Waals surface area contributed by atoms with Crippen LogP contribution in [-0.4, -0.2) is 47.4 Å². The summed E-state index contributed by atoms with van der Waals surface area (Å²) in [6.45, 7) is 4.85. The Hall–Kier alpha value is -1.92. The van der Waals surface area contributed by atoms with Crippen molar-refractivity contribution in [3.8, 4) is 0 Å². The highest BCUT2D eigenvalue weighted by atomic mass is 16.5. The topological polar surface area (TPSA) is 95.9 Å². The van der Waals surface area contributed by atoms with Gasteiger partial charge in [-0.2, -0.15) is 0 Å². The lowest BCUT2D eigenvalue weighted by atomic mass is 10.0. The van der Waals surface area contributed by atoms with Crippen molar-refractivity contribution in [3.63, 3.8) is 0 Å². The highest BCUT2D eigenvalue weighted by Gasteiger charge is 2.18. The van der Waals surface area contributed by atoms with Gasteiger partial charge in [0.15, 0.2) is 0 Å². The quantitative estimate of drug-likeness (QED) is 0.0321. The smallest absolute Gasteiger partial charge is 0.305 e. The second-order valence-electron chi connectivity index (χ2n) is 20.0. The van der Waals surface area contributed by atoms with Gasteiger partial charge in [0, 0.05) is 12.8 Å². The van der Waals surface area contributed by atoms with Crippen LogP contribution in [0, 0.1) is 0 Å². The molecule has 0 saturated heterocycles. The summed E-state index contributed by atoms with van der Waals surface area (Å²) in [5.74, 6) is -0.0923. The normalized spacial score (nSPS) is 12.8. The van der Waals surface area contributed by atoms with Crippen LogP contribution in [0.3, 0.4) is 0 Å². The van der Waals surface area contributed by atoms with Crippen LogP contribution in [0.5, 0.6) is 0 Å². The molecule has 0 radical (unpaired) electrons. The molecule has 2 atom stereocenters. The molecule has 0 fully saturated rings. The van der Waals surface area contributed by atoms with Crippen molar-refractivity contribution < 1.29 is 24.5 Å². The van der Waals surface area contributed by atoms with Gasteiger partial charge in [-0.1, -0.05) is 256 Å². The van der Waals surface area contributed by atoms with Gasteiger partial charge in [-0.15, -0.1) is 0 Å². The van der Waals surface area contributed by atoms with Gasteiger partial charge < -0.3 is 20.3 Å². The molecule has 388 valence electrons. The summed E-state index contributed by atoms with van der Waals surface area (Å²) in [5, 5.41) is 23.2. The molecule has 3 N–H and O–H groups in total. The van der Waals surface area contributed by atoms with E-state index < -0.39 is 12.1 Å². The average Bonchev–Trinajstić information content (AvgIpc) is 3.32.